The Labute approximate surface area is 98.2 Å². The van der Waals surface area contributed by atoms with Crippen LogP contribution in [-0.4, -0.2) is 11.1 Å². The van der Waals surface area contributed by atoms with Crippen molar-refractivity contribution in [3.05, 3.63) is 33.8 Å². The molecule has 1 N–H and O–H groups in total. The van der Waals surface area contributed by atoms with Crippen LogP contribution in [0.1, 0.15) is 17.5 Å². The molecular formula is C10H8BrF3O2. The van der Waals surface area contributed by atoms with Crippen molar-refractivity contribution in [2.75, 3.05) is 0 Å². The Balaban J connectivity index is 3.00. The second kappa shape index (κ2) is 4.86. The first-order chi connectivity index (χ1) is 7.32. The molecule has 0 amide bonds. The lowest BCUT2D eigenvalue weighted by molar-refractivity contribution is -0.138. The smallest absolute Gasteiger partial charge is 0.417 e. The Morgan fingerprint density at radius 1 is 1.38 bits per heavy atom. The zero-order valence-corrected chi connectivity index (χ0v) is 9.60. The fraction of sp³-hybridized carbons (Fsp3) is 0.300. The number of alkyl halides is 3. The summed E-state index contributed by atoms with van der Waals surface area (Å²) in [6.45, 7) is 0. The minimum absolute atomic E-state index is 0.0693. The van der Waals surface area contributed by atoms with Crippen LogP contribution in [0.3, 0.4) is 0 Å². The molecule has 0 spiro atoms. The maximum absolute atomic E-state index is 12.5. The highest BCUT2D eigenvalue weighted by Crippen LogP contribution is 2.36. The minimum atomic E-state index is -4.43. The van der Waals surface area contributed by atoms with Crippen LogP contribution >= 0.6 is 15.9 Å². The molecule has 1 rings (SSSR count). The molecule has 0 fully saturated rings. The van der Waals surface area contributed by atoms with Crippen molar-refractivity contribution in [2.45, 2.75) is 19.0 Å². The summed E-state index contributed by atoms with van der Waals surface area (Å²) < 4.78 is 37.4. The zero-order valence-electron chi connectivity index (χ0n) is 8.01. The maximum atomic E-state index is 12.5. The van der Waals surface area contributed by atoms with Crippen molar-refractivity contribution >= 4 is 21.9 Å². The van der Waals surface area contributed by atoms with Crippen molar-refractivity contribution in [3.63, 3.8) is 0 Å². The minimum Gasteiger partial charge on any atom is -0.481 e. The van der Waals surface area contributed by atoms with Crippen LogP contribution in [-0.2, 0) is 17.4 Å². The number of rotatable bonds is 3. The summed E-state index contributed by atoms with van der Waals surface area (Å²) in [6, 6.07) is 3.70. The molecule has 6 heteroatoms. The first kappa shape index (κ1) is 13.0. The first-order valence-electron chi connectivity index (χ1n) is 4.38. The van der Waals surface area contributed by atoms with E-state index in [9.17, 15) is 18.0 Å². The van der Waals surface area contributed by atoms with Gasteiger partial charge in [0.05, 0.1) is 5.56 Å². The first-order valence-corrected chi connectivity index (χ1v) is 5.18. The van der Waals surface area contributed by atoms with Crippen LogP contribution in [0.5, 0.6) is 0 Å². The summed E-state index contributed by atoms with van der Waals surface area (Å²) in [5, 5.41) is 8.46. The third kappa shape index (κ3) is 3.23. The molecule has 0 heterocycles. The van der Waals surface area contributed by atoms with Gasteiger partial charge in [-0.05, 0) is 34.0 Å². The van der Waals surface area contributed by atoms with Crippen molar-refractivity contribution in [2.24, 2.45) is 0 Å². The van der Waals surface area contributed by atoms with Gasteiger partial charge >= 0.3 is 12.1 Å². The van der Waals surface area contributed by atoms with Crippen molar-refractivity contribution < 1.29 is 23.1 Å². The molecule has 1 aromatic carbocycles. The molecule has 1 aromatic rings. The second-order valence-corrected chi connectivity index (χ2v) is 3.96. The molecular weight excluding hydrogens is 289 g/mol. The average Bonchev–Trinajstić information content (AvgIpc) is 2.14. The van der Waals surface area contributed by atoms with Gasteiger partial charge in [0.25, 0.3) is 0 Å². The van der Waals surface area contributed by atoms with Gasteiger partial charge in [-0.1, -0.05) is 12.1 Å². The lowest BCUT2D eigenvalue weighted by Crippen LogP contribution is -2.08. The van der Waals surface area contributed by atoms with Gasteiger partial charge in [-0.3, -0.25) is 4.79 Å². The van der Waals surface area contributed by atoms with Crippen LogP contribution in [0, 0.1) is 0 Å². The van der Waals surface area contributed by atoms with Gasteiger partial charge in [-0.25, -0.2) is 0 Å². The fourth-order valence-electron chi connectivity index (χ4n) is 1.23. The van der Waals surface area contributed by atoms with E-state index < -0.39 is 17.7 Å². The molecule has 0 unspecified atom stereocenters. The van der Waals surface area contributed by atoms with Crippen molar-refractivity contribution in [1.82, 2.24) is 0 Å². The van der Waals surface area contributed by atoms with Gasteiger partial charge in [-0.15, -0.1) is 0 Å². The predicted octanol–water partition coefficient (Wildman–Crippen LogP) is 3.49. The predicted molar refractivity (Wildman–Crippen MR) is 55.1 cm³/mol. The van der Waals surface area contributed by atoms with Crippen LogP contribution in [0.25, 0.3) is 0 Å². The summed E-state index contributed by atoms with van der Waals surface area (Å²) in [7, 11) is 0. The number of halogens is 4. The zero-order chi connectivity index (χ0) is 12.3. The van der Waals surface area contributed by atoms with E-state index in [4.69, 9.17) is 5.11 Å². The monoisotopic (exact) mass is 296 g/mol. The molecule has 16 heavy (non-hydrogen) atoms. The quantitative estimate of drug-likeness (QED) is 0.927. The summed E-state index contributed by atoms with van der Waals surface area (Å²) in [5.41, 5.74) is -0.437. The third-order valence-electron chi connectivity index (χ3n) is 1.99. The van der Waals surface area contributed by atoms with Crippen LogP contribution in [0.4, 0.5) is 13.2 Å². The largest absolute Gasteiger partial charge is 0.481 e. The molecule has 0 saturated carbocycles. The van der Waals surface area contributed by atoms with Gasteiger partial charge in [-0.2, -0.15) is 13.2 Å². The molecule has 0 bridgehead atoms. The number of carboxylic acids is 1. The number of benzene rings is 1. The number of hydrogen-bond acceptors (Lipinski definition) is 1. The maximum Gasteiger partial charge on any atom is 0.417 e. The molecule has 2 nitrogen and oxygen atoms in total. The molecule has 88 valence electrons. The third-order valence-corrected chi connectivity index (χ3v) is 2.93. The second-order valence-electron chi connectivity index (χ2n) is 3.17. The molecule has 0 aromatic heterocycles. The molecule has 0 atom stereocenters. The number of aryl methyl sites for hydroxylation is 1. The van der Waals surface area contributed by atoms with Crippen LogP contribution in [0.15, 0.2) is 22.7 Å². The van der Waals surface area contributed by atoms with E-state index in [0.29, 0.717) is 5.56 Å². The van der Waals surface area contributed by atoms with Gasteiger partial charge in [0.2, 0.25) is 0 Å². The normalized spacial score (nSPS) is 11.5. The molecule has 0 aliphatic carbocycles. The van der Waals surface area contributed by atoms with Gasteiger partial charge in [0.15, 0.2) is 0 Å². The molecule has 0 aliphatic heterocycles. The average molecular weight is 297 g/mol. The van der Waals surface area contributed by atoms with E-state index in [1.807, 2.05) is 0 Å². The summed E-state index contributed by atoms with van der Waals surface area (Å²) in [4.78, 5) is 10.3. The lowest BCUT2D eigenvalue weighted by atomic mass is 10.1. The van der Waals surface area contributed by atoms with Gasteiger partial charge in [0, 0.05) is 10.9 Å². The summed E-state index contributed by atoms with van der Waals surface area (Å²) >= 11 is 2.85. The summed E-state index contributed by atoms with van der Waals surface area (Å²) in [5.74, 6) is -1.04. The fourth-order valence-corrected chi connectivity index (χ4v) is 1.92. The highest BCUT2D eigenvalue weighted by Gasteiger charge is 2.33. The molecule has 0 aliphatic rings. The van der Waals surface area contributed by atoms with Gasteiger partial charge in [0.1, 0.15) is 0 Å². The van der Waals surface area contributed by atoms with E-state index in [2.05, 4.69) is 15.9 Å². The number of carboxylic acid groups (broad SMARTS) is 1. The Hall–Kier alpha value is -1.04. The highest BCUT2D eigenvalue weighted by atomic mass is 79.9. The van der Waals surface area contributed by atoms with Gasteiger partial charge < -0.3 is 5.11 Å². The Kier molecular flexibility index (Phi) is 3.96. The SMILES string of the molecule is O=C(O)CCc1cccc(C(F)(F)F)c1Br. The summed E-state index contributed by atoms with van der Waals surface area (Å²) in [6.07, 6.45) is -4.56. The van der Waals surface area contributed by atoms with Crippen molar-refractivity contribution in [3.8, 4) is 0 Å². The topological polar surface area (TPSA) is 37.3 Å². The number of aliphatic carboxylic acids is 1. The lowest BCUT2D eigenvalue weighted by Gasteiger charge is -2.11. The molecule has 0 radical (unpaired) electrons. The van der Waals surface area contributed by atoms with E-state index >= 15 is 0 Å². The van der Waals surface area contributed by atoms with Crippen LogP contribution in [0.2, 0.25) is 0 Å². The van der Waals surface area contributed by atoms with Crippen LogP contribution < -0.4 is 0 Å². The molecule has 0 saturated heterocycles. The Morgan fingerprint density at radius 3 is 2.50 bits per heavy atom. The van der Waals surface area contributed by atoms with E-state index in [1.165, 1.54) is 12.1 Å². The highest BCUT2D eigenvalue weighted by molar-refractivity contribution is 9.10. The van der Waals surface area contributed by atoms with E-state index in [1.54, 1.807) is 0 Å². The van der Waals surface area contributed by atoms with E-state index in [0.717, 1.165) is 6.07 Å². The Bertz CT molecular complexity index is 402. The van der Waals surface area contributed by atoms with Crippen molar-refractivity contribution in [1.29, 1.82) is 0 Å². The van der Waals surface area contributed by atoms with E-state index in [-0.39, 0.29) is 17.3 Å². The number of carbonyl (C=O) groups is 1. The Morgan fingerprint density at radius 2 is 2.00 bits per heavy atom. The standard InChI is InChI=1S/C10H8BrF3O2/c11-9-6(4-5-8(15)16)2-1-3-7(9)10(12,13)14/h1-3H,4-5H2,(H,15,16). The number of hydrogen-bond donors (Lipinski definition) is 1.